The van der Waals surface area contributed by atoms with E-state index in [1.54, 1.807) is 24.3 Å². The Morgan fingerprint density at radius 3 is 2.54 bits per heavy atom. The molecule has 0 aliphatic carbocycles. The van der Waals surface area contributed by atoms with Crippen LogP contribution >= 0.6 is 11.6 Å². The zero-order chi connectivity index (χ0) is 17.5. The lowest BCUT2D eigenvalue weighted by Gasteiger charge is -2.10. The number of nitrogens with one attached hydrogen (secondary N) is 1. The van der Waals surface area contributed by atoms with Crippen LogP contribution < -0.4 is 14.8 Å². The van der Waals surface area contributed by atoms with Crippen molar-refractivity contribution in [3.05, 3.63) is 53.1 Å². The summed E-state index contributed by atoms with van der Waals surface area (Å²) in [5, 5.41) is 11.1. The van der Waals surface area contributed by atoms with E-state index in [2.05, 4.69) is 10.1 Å². The number of nitrogens with zero attached hydrogens (tertiary/aromatic N) is 1. The summed E-state index contributed by atoms with van der Waals surface area (Å²) in [4.78, 5) is 11.8. The third-order valence-electron chi connectivity index (χ3n) is 2.79. The van der Waals surface area contributed by atoms with Gasteiger partial charge in [-0.15, -0.1) is 0 Å². The number of hydrogen-bond acceptors (Lipinski definition) is 4. The van der Waals surface area contributed by atoms with Crippen molar-refractivity contribution in [2.75, 3.05) is 11.9 Å². The van der Waals surface area contributed by atoms with Crippen LogP contribution in [0.1, 0.15) is 5.56 Å². The molecule has 1 amide bonds. The fourth-order valence-electron chi connectivity index (χ4n) is 1.74. The lowest BCUT2D eigenvalue weighted by molar-refractivity contribution is -0.118. The van der Waals surface area contributed by atoms with Gasteiger partial charge >= 0.3 is 6.61 Å². The molecule has 0 bridgehead atoms. The Morgan fingerprint density at radius 1 is 1.25 bits per heavy atom. The van der Waals surface area contributed by atoms with Crippen LogP contribution in [0.25, 0.3) is 0 Å². The first-order valence-electron chi connectivity index (χ1n) is 6.65. The second-order valence-electron chi connectivity index (χ2n) is 4.50. The van der Waals surface area contributed by atoms with Crippen molar-refractivity contribution in [1.82, 2.24) is 0 Å². The summed E-state index contributed by atoms with van der Waals surface area (Å²) in [7, 11) is 0. The number of alkyl halides is 2. The summed E-state index contributed by atoms with van der Waals surface area (Å²) in [5.41, 5.74) is 0.794. The van der Waals surface area contributed by atoms with E-state index >= 15 is 0 Å². The van der Waals surface area contributed by atoms with Gasteiger partial charge in [0.1, 0.15) is 11.5 Å². The number of carbonyl (C=O) groups excluding carboxylic acids is 1. The van der Waals surface area contributed by atoms with Gasteiger partial charge in [0.2, 0.25) is 0 Å². The van der Waals surface area contributed by atoms with Gasteiger partial charge in [-0.1, -0.05) is 11.6 Å². The van der Waals surface area contributed by atoms with Crippen molar-refractivity contribution in [2.45, 2.75) is 6.61 Å². The third-order valence-corrected chi connectivity index (χ3v) is 3.08. The molecule has 0 unspecified atom stereocenters. The van der Waals surface area contributed by atoms with Gasteiger partial charge in [-0.05, 0) is 42.5 Å². The van der Waals surface area contributed by atoms with E-state index < -0.39 is 12.5 Å². The molecule has 2 aromatic carbocycles. The van der Waals surface area contributed by atoms with E-state index in [0.717, 1.165) is 0 Å². The Morgan fingerprint density at radius 2 is 1.96 bits per heavy atom. The van der Waals surface area contributed by atoms with Gasteiger partial charge in [0.05, 0.1) is 16.7 Å². The number of anilines is 1. The molecule has 0 saturated heterocycles. The molecule has 0 aliphatic rings. The van der Waals surface area contributed by atoms with Gasteiger partial charge in [0, 0.05) is 5.69 Å². The van der Waals surface area contributed by atoms with E-state index in [0.29, 0.717) is 17.0 Å². The molecule has 0 aromatic heterocycles. The molecule has 0 spiro atoms. The molecule has 2 rings (SSSR count). The molecule has 0 radical (unpaired) electrons. The number of amides is 1. The van der Waals surface area contributed by atoms with Crippen LogP contribution in [0.15, 0.2) is 42.5 Å². The van der Waals surface area contributed by atoms with Gasteiger partial charge in [0.25, 0.3) is 5.91 Å². The van der Waals surface area contributed by atoms with Crippen LogP contribution in [-0.2, 0) is 4.79 Å². The van der Waals surface area contributed by atoms with Crippen LogP contribution in [0.5, 0.6) is 11.5 Å². The number of rotatable bonds is 6. The number of hydrogen-bond donors (Lipinski definition) is 1. The molecule has 0 aliphatic heterocycles. The van der Waals surface area contributed by atoms with E-state index in [1.165, 1.54) is 18.2 Å². The average Bonchev–Trinajstić information content (AvgIpc) is 2.55. The normalized spacial score (nSPS) is 10.1. The van der Waals surface area contributed by atoms with Crippen molar-refractivity contribution in [3.63, 3.8) is 0 Å². The van der Waals surface area contributed by atoms with Gasteiger partial charge in [-0.3, -0.25) is 4.79 Å². The largest absolute Gasteiger partial charge is 0.484 e. The Bertz CT molecular complexity index is 761. The predicted octanol–water partition coefficient (Wildman–Crippen LogP) is 3.83. The molecule has 2 aromatic rings. The van der Waals surface area contributed by atoms with E-state index in [1.807, 2.05) is 6.07 Å². The van der Waals surface area contributed by atoms with E-state index in [4.69, 9.17) is 21.6 Å². The fraction of sp³-hybridized carbons (Fsp3) is 0.125. The summed E-state index contributed by atoms with van der Waals surface area (Å²) in [6.45, 7) is -3.25. The Hall–Kier alpha value is -2.85. The second-order valence-corrected chi connectivity index (χ2v) is 4.90. The SMILES string of the molecule is N#Cc1ccc(OCC(=O)Nc2ccc(OC(F)F)c(Cl)c2)cc1. The molecule has 0 fully saturated rings. The number of carbonyl (C=O) groups is 1. The smallest absolute Gasteiger partial charge is 0.387 e. The summed E-state index contributed by atoms with van der Waals surface area (Å²) in [5.74, 6) is -0.209. The highest BCUT2D eigenvalue weighted by atomic mass is 35.5. The van der Waals surface area contributed by atoms with Gasteiger partial charge in [0.15, 0.2) is 6.61 Å². The van der Waals surface area contributed by atoms with Crippen LogP contribution in [0, 0.1) is 11.3 Å². The molecule has 124 valence electrons. The second kappa shape index (κ2) is 8.13. The maximum Gasteiger partial charge on any atom is 0.387 e. The van der Waals surface area contributed by atoms with Gasteiger partial charge < -0.3 is 14.8 Å². The monoisotopic (exact) mass is 352 g/mol. The van der Waals surface area contributed by atoms with Gasteiger partial charge in [-0.2, -0.15) is 14.0 Å². The quantitative estimate of drug-likeness (QED) is 0.857. The standard InChI is InChI=1S/C16H11ClF2N2O3/c17-13-7-11(3-6-14(13)24-16(18)19)21-15(22)9-23-12-4-1-10(8-20)2-5-12/h1-7,16H,9H2,(H,21,22). The van der Waals surface area contributed by atoms with Crippen LogP contribution in [0.3, 0.4) is 0 Å². The zero-order valence-corrected chi connectivity index (χ0v) is 12.9. The lowest BCUT2D eigenvalue weighted by Crippen LogP contribution is -2.20. The summed E-state index contributed by atoms with van der Waals surface area (Å²) < 4.78 is 33.7. The molecular formula is C16H11ClF2N2O3. The molecule has 1 N–H and O–H groups in total. The zero-order valence-electron chi connectivity index (χ0n) is 12.1. The minimum absolute atomic E-state index is 0.0545. The van der Waals surface area contributed by atoms with E-state index in [-0.39, 0.29) is 17.4 Å². The Kier molecular flexibility index (Phi) is 5.93. The summed E-state index contributed by atoms with van der Waals surface area (Å²) in [6, 6.07) is 12.1. The van der Waals surface area contributed by atoms with Crippen LogP contribution in [0.4, 0.5) is 14.5 Å². The first kappa shape index (κ1) is 17.5. The lowest BCUT2D eigenvalue weighted by atomic mass is 10.2. The van der Waals surface area contributed by atoms with Crippen molar-refractivity contribution in [2.24, 2.45) is 0 Å². The minimum Gasteiger partial charge on any atom is -0.484 e. The number of nitriles is 1. The molecule has 8 heteroatoms. The van der Waals surface area contributed by atoms with Crippen LogP contribution in [-0.4, -0.2) is 19.1 Å². The predicted molar refractivity (Wildman–Crippen MR) is 83.4 cm³/mol. The number of ether oxygens (including phenoxy) is 2. The first-order chi connectivity index (χ1) is 11.5. The van der Waals surface area contributed by atoms with Crippen molar-refractivity contribution in [1.29, 1.82) is 5.26 Å². The first-order valence-corrected chi connectivity index (χ1v) is 7.03. The summed E-state index contributed by atoms with van der Waals surface area (Å²) >= 11 is 5.79. The number of halogens is 3. The summed E-state index contributed by atoms with van der Waals surface area (Å²) in [6.07, 6.45) is 0. The maximum absolute atomic E-state index is 12.1. The number of benzene rings is 2. The van der Waals surface area contributed by atoms with Crippen molar-refractivity contribution < 1.29 is 23.0 Å². The fourth-order valence-corrected chi connectivity index (χ4v) is 1.97. The third kappa shape index (κ3) is 5.11. The highest BCUT2D eigenvalue weighted by molar-refractivity contribution is 6.32. The van der Waals surface area contributed by atoms with Crippen LogP contribution in [0.2, 0.25) is 5.02 Å². The minimum atomic E-state index is -2.98. The van der Waals surface area contributed by atoms with Crippen molar-refractivity contribution >= 4 is 23.2 Å². The Labute approximate surface area is 141 Å². The molecule has 5 nitrogen and oxygen atoms in total. The van der Waals surface area contributed by atoms with Crippen molar-refractivity contribution in [3.8, 4) is 17.6 Å². The molecule has 0 atom stereocenters. The molecular weight excluding hydrogens is 342 g/mol. The van der Waals surface area contributed by atoms with Gasteiger partial charge in [-0.25, -0.2) is 0 Å². The molecule has 0 heterocycles. The highest BCUT2D eigenvalue weighted by Crippen LogP contribution is 2.28. The topological polar surface area (TPSA) is 71.3 Å². The maximum atomic E-state index is 12.1. The molecule has 0 saturated carbocycles. The highest BCUT2D eigenvalue weighted by Gasteiger charge is 2.10. The Balaban J connectivity index is 1.89. The average molecular weight is 353 g/mol. The van der Waals surface area contributed by atoms with E-state index in [9.17, 15) is 13.6 Å². The molecule has 24 heavy (non-hydrogen) atoms.